The topological polar surface area (TPSA) is 64.4 Å². The Labute approximate surface area is 99.4 Å². The summed E-state index contributed by atoms with van der Waals surface area (Å²) < 4.78 is 6.80. The van der Waals surface area contributed by atoms with Crippen LogP contribution in [0.3, 0.4) is 0 Å². The van der Waals surface area contributed by atoms with Crippen molar-refractivity contribution in [2.45, 2.75) is 13.0 Å². The fraction of sp³-hybridized carbons (Fsp3) is 0.417. The Balaban J connectivity index is 2.27. The molecule has 5 nitrogen and oxygen atoms in total. The van der Waals surface area contributed by atoms with Gasteiger partial charge in [-0.2, -0.15) is 0 Å². The Morgan fingerprint density at radius 3 is 2.88 bits per heavy atom. The molecule has 5 heteroatoms. The van der Waals surface area contributed by atoms with Crippen LogP contribution in [-0.2, 0) is 6.54 Å². The van der Waals surface area contributed by atoms with E-state index in [2.05, 4.69) is 4.90 Å². The lowest BCUT2D eigenvalue weighted by Gasteiger charge is -2.08. The summed E-state index contributed by atoms with van der Waals surface area (Å²) in [5.41, 5.74) is 7.61. The number of nitrogen functional groups attached to an aromatic ring is 1. The fourth-order valence-corrected chi connectivity index (χ4v) is 1.84. The smallest absolute Gasteiger partial charge is 0.408 e. The van der Waals surface area contributed by atoms with E-state index >= 15 is 0 Å². The van der Waals surface area contributed by atoms with Crippen LogP contribution < -0.4 is 11.5 Å². The van der Waals surface area contributed by atoms with E-state index in [1.807, 2.05) is 20.2 Å². The van der Waals surface area contributed by atoms with Crippen molar-refractivity contribution < 1.29 is 4.42 Å². The Hall–Kier alpha value is -1.75. The molecular formula is C12H17N3O2. The van der Waals surface area contributed by atoms with Crippen molar-refractivity contribution in [2.24, 2.45) is 0 Å². The number of oxazole rings is 1. The largest absolute Gasteiger partial charge is 0.419 e. The van der Waals surface area contributed by atoms with Crippen molar-refractivity contribution in [2.75, 3.05) is 26.4 Å². The third kappa shape index (κ3) is 2.50. The molecular weight excluding hydrogens is 218 g/mol. The standard InChI is InChI=1S/C12H17N3O2/c1-14(2)6-3-7-15-10-5-4-9(13)8-11(10)17-12(15)16/h4-5,8H,3,6-7,13H2,1-2H3. The maximum Gasteiger partial charge on any atom is 0.419 e. The van der Waals surface area contributed by atoms with Crippen molar-refractivity contribution in [1.82, 2.24) is 9.47 Å². The number of rotatable bonds is 4. The Kier molecular flexibility index (Phi) is 3.19. The summed E-state index contributed by atoms with van der Waals surface area (Å²) in [6.45, 7) is 1.60. The van der Waals surface area contributed by atoms with Crippen molar-refractivity contribution >= 4 is 16.8 Å². The van der Waals surface area contributed by atoms with Gasteiger partial charge in [0.2, 0.25) is 0 Å². The molecule has 0 aliphatic heterocycles. The molecule has 92 valence electrons. The summed E-state index contributed by atoms with van der Waals surface area (Å²) in [5, 5.41) is 0. The van der Waals surface area contributed by atoms with E-state index in [1.165, 1.54) is 0 Å². The first-order chi connectivity index (χ1) is 8.08. The lowest BCUT2D eigenvalue weighted by molar-refractivity contribution is 0.381. The second-order valence-corrected chi connectivity index (χ2v) is 4.40. The van der Waals surface area contributed by atoms with Gasteiger partial charge in [-0.15, -0.1) is 0 Å². The van der Waals surface area contributed by atoms with Crippen LogP contribution in [-0.4, -0.2) is 30.1 Å². The summed E-state index contributed by atoms with van der Waals surface area (Å²) in [5.74, 6) is -0.315. The van der Waals surface area contributed by atoms with E-state index < -0.39 is 0 Å². The number of nitrogens with zero attached hydrogens (tertiary/aromatic N) is 2. The second kappa shape index (κ2) is 4.63. The van der Waals surface area contributed by atoms with Crippen LogP contribution in [0.5, 0.6) is 0 Å². The lowest BCUT2D eigenvalue weighted by atomic mass is 10.3. The number of hydrogen-bond acceptors (Lipinski definition) is 4. The van der Waals surface area contributed by atoms with Crippen molar-refractivity contribution in [3.63, 3.8) is 0 Å². The number of benzene rings is 1. The minimum atomic E-state index is -0.315. The van der Waals surface area contributed by atoms with E-state index in [1.54, 1.807) is 16.7 Å². The summed E-state index contributed by atoms with van der Waals surface area (Å²) in [6, 6.07) is 5.28. The van der Waals surface area contributed by atoms with Crippen molar-refractivity contribution in [3.05, 3.63) is 28.7 Å². The highest BCUT2D eigenvalue weighted by molar-refractivity contribution is 5.76. The van der Waals surface area contributed by atoms with Crippen LogP contribution >= 0.6 is 0 Å². The molecule has 1 heterocycles. The number of hydrogen-bond donors (Lipinski definition) is 1. The Bertz CT molecular complexity index is 569. The molecule has 0 aliphatic rings. The quantitative estimate of drug-likeness (QED) is 0.807. The van der Waals surface area contributed by atoms with Gasteiger partial charge in [0.15, 0.2) is 5.58 Å². The van der Waals surface area contributed by atoms with Crippen LogP contribution in [0.25, 0.3) is 11.1 Å². The second-order valence-electron chi connectivity index (χ2n) is 4.40. The summed E-state index contributed by atoms with van der Waals surface area (Å²) in [7, 11) is 4.02. The molecule has 0 saturated heterocycles. The molecule has 0 saturated carbocycles. The highest BCUT2D eigenvalue weighted by atomic mass is 16.4. The summed E-state index contributed by atoms with van der Waals surface area (Å²) in [4.78, 5) is 13.8. The van der Waals surface area contributed by atoms with Gasteiger partial charge in [0.05, 0.1) is 5.52 Å². The van der Waals surface area contributed by atoms with Gasteiger partial charge in [-0.3, -0.25) is 4.57 Å². The van der Waals surface area contributed by atoms with E-state index in [0.717, 1.165) is 18.5 Å². The molecule has 0 unspecified atom stereocenters. The highest BCUT2D eigenvalue weighted by Crippen LogP contribution is 2.16. The van der Waals surface area contributed by atoms with Crippen molar-refractivity contribution in [1.29, 1.82) is 0 Å². The Morgan fingerprint density at radius 1 is 1.41 bits per heavy atom. The van der Waals surface area contributed by atoms with Crippen LogP contribution in [0.15, 0.2) is 27.4 Å². The SMILES string of the molecule is CN(C)CCCn1c(=O)oc2cc(N)ccc21. The molecule has 0 fully saturated rings. The zero-order valence-corrected chi connectivity index (χ0v) is 10.1. The fourth-order valence-electron chi connectivity index (χ4n) is 1.84. The Morgan fingerprint density at radius 2 is 2.18 bits per heavy atom. The van der Waals surface area contributed by atoms with Crippen LogP contribution in [0.2, 0.25) is 0 Å². The number of aryl methyl sites for hydroxylation is 1. The first-order valence-electron chi connectivity index (χ1n) is 5.61. The minimum Gasteiger partial charge on any atom is -0.408 e. The minimum absolute atomic E-state index is 0.315. The summed E-state index contributed by atoms with van der Waals surface area (Å²) >= 11 is 0. The molecule has 2 N–H and O–H groups in total. The number of aromatic nitrogens is 1. The first-order valence-corrected chi connectivity index (χ1v) is 5.61. The zero-order valence-electron chi connectivity index (χ0n) is 10.1. The van der Waals surface area contributed by atoms with E-state index in [9.17, 15) is 4.79 Å². The van der Waals surface area contributed by atoms with Gasteiger partial charge in [-0.1, -0.05) is 0 Å². The molecule has 1 aromatic carbocycles. The third-order valence-corrected chi connectivity index (χ3v) is 2.68. The van der Waals surface area contributed by atoms with Gasteiger partial charge in [0.25, 0.3) is 0 Å². The summed E-state index contributed by atoms with van der Waals surface area (Å²) in [6.07, 6.45) is 0.909. The van der Waals surface area contributed by atoms with E-state index in [0.29, 0.717) is 17.8 Å². The highest BCUT2D eigenvalue weighted by Gasteiger charge is 2.08. The van der Waals surface area contributed by atoms with Gasteiger partial charge < -0.3 is 15.1 Å². The molecule has 0 amide bonds. The van der Waals surface area contributed by atoms with Crippen LogP contribution in [0.4, 0.5) is 5.69 Å². The molecule has 1 aromatic heterocycles. The van der Waals surface area contributed by atoms with Gasteiger partial charge in [0.1, 0.15) is 0 Å². The predicted molar refractivity (Wildman–Crippen MR) is 68.1 cm³/mol. The zero-order chi connectivity index (χ0) is 12.4. The average Bonchev–Trinajstić information content (AvgIpc) is 2.54. The molecule has 0 atom stereocenters. The number of fused-ring (bicyclic) bond motifs is 1. The van der Waals surface area contributed by atoms with Crippen molar-refractivity contribution in [3.8, 4) is 0 Å². The molecule has 0 bridgehead atoms. The predicted octanol–water partition coefficient (Wildman–Crippen LogP) is 1.13. The third-order valence-electron chi connectivity index (χ3n) is 2.68. The molecule has 2 aromatic rings. The molecule has 2 rings (SSSR count). The maximum atomic E-state index is 11.7. The number of nitrogens with two attached hydrogens (primary N) is 1. The lowest BCUT2D eigenvalue weighted by Crippen LogP contribution is -2.19. The molecule has 0 spiro atoms. The van der Waals surface area contributed by atoms with Crippen LogP contribution in [0.1, 0.15) is 6.42 Å². The molecule has 0 aliphatic carbocycles. The average molecular weight is 235 g/mol. The number of anilines is 1. The van der Waals surface area contributed by atoms with Gasteiger partial charge >= 0.3 is 5.76 Å². The van der Waals surface area contributed by atoms with Gasteiger partial charge in [-0.25, -0.2) is 4.79 Å². The maximum absolute atomic E-state index is 11.7. The first kappa shape index (κ1) is 11.7. The molecule has 0 radical (unpaired) electrons. The van der Waals surface area contributed by atoms with E-state index in [-0.39, 0.29) is 5.76 Å². The van der Waals surface area contributed by atoms with Crippen LogP contribution in [0, 0.1) is 0 Å². The normalized spacial score (nSPS) is 11.5. The monoisotopic (exact) mass is 235 g/mol. The van der Waals surface area contributed by atoms with Gasteiger partial charge in [0, 0.05) is 18.3 Å². The van der Waals surface area contributed by atoms with E-state index in [4.69, 9.17) is 10.2 Å². The van der Waals surface area contributed by atoms with Gasteiger partial charge in [-0.05, 0) is 39.2 Å². The molecule has 17 heavy (non-hydrogen) atoms.